The molecule has 1 aliphatic rings. The number of morpholine rings is 1. The van der Waals surface area contributed by atoms with Crippen LogP contribution in [-0.4, -0.2) is 38.5 Å². The molecule has 1 aliphatic heterocycles. The molecule has 2 rings (SSSR count). The maximum Gasteiger partial charge on any atom is 0.244 e. The van der Waals surface area contributed by atoms with Gasteiger partial charge in [-0.25, -0.2) is 8.42 Å². The monoisotopic (exact) mass is 367 g/mol. The average molecular weight is 369 g/mol. The molecule has 0 N–H and O–H groups in total. The number of halogens is 2. The van der Waals surface area contributed by atoms with E-state index < -0.39 is 10.0 Å². The Bertz CT molecular complexity index is 564. The van der Waals surface area contributed by atoms with Crippen LogP contribution < -0.4 is 0 Å². The van der Waals surface area contributed by atoms with Gasteiger partial charge in [0, 0.05) is 17.6 Å². The molecule has 1 fully saturated rings. The quantitative estimate of drug-likeness (QED) is 0.824. The normalized spacial score (nSPS) is 21.5. The van der Waals surface area contributed by atoms with E-state index in [1.54, 1.807) is 12.1 Å². The van der Waals surface area contributed by atoms with E-state index in [4.69, 9.17) is 16.3 Å². The first-order valence-electron chi connectivity index (χ1n) is 6.02. The van der Waals surface area contributed by atoms with E-state index in [2.05, 4.69) is 15.9 Å². The van der Waals surface area contributed by atoms with Crippen LogP contribution in [0, 0.1) is 0 Å². The largest absolute Gasteiger partial charge is 0.375 e. The Morgan fingerprint density at radius 2 is 2.26 bits per heavy atom. The van der Waals surface area contributed by atoms with Crippen molar-refractivity contribution < 1.29 is 13.2 Å². The van der Waals surface area contributed by atoms with E-state index in [1.807, 2.05) is 6.92 Å². The van der Waals surface area contributed by atoms with Crippen LogP contribution in [0.1, 0.15) is 13.3 Å². The van der Waals surface area contributed by atoms with Gasteiger partial charge in [-0.15, -0.1) is 0 Å². The minimum Gasteiger partial charge on any atom is -0.375 e. The Kier molecular flexibility index (Phi) is 4.89. The van der Waals surface area contributed by atoms with Gasteiger partial charge in [-0.05, 0) is 24.6 Å². The maximum atomic E-state index is 12.6. The third-order valence-corrected chi connectivity index (χ3v) is 5.91. The van der Waals surface area contributed by atoms with Crippen LogP contribution in [0.4, 0.5) is 0 Å². The fraction of sp³-hybridized carbons (Fsp3) is 0.500. The maximum absolute atomic E-state index is 12.6. The molecule has 0 aliphatic carbocycles. The predicted octanol–water partition coefficient (Wildman–Crippen LogP) is 2.90. The van der Waals surface area contributed by atoms with Crippen molar-refractivity contribution in [3.63, 3.8) is 0 Å². The fourth-order valence-electron chi connectivity index (χ4n) is 1.98. The Balaban J connectivity index is 2.31. The molecule has 1 atom stereocenters. The summed E-state index contributed by atoms with van der Waals surface area (Å²) in [6.07, 6.45) is 0.748. The summed E-state index contributed by atoms with van der Waals surface area (Å²) in [7, 11) is -3.55. The highest BCUT2D eigenvalue weighted by atomic mass is 79.9. The van der Waals surface area contributed by atoms with E-state index in [0.29, 0.717) is 19.7 Å². The summed E-state index contributed by atoms with van der Waals surface area (Å²) in [4.78, 5) is 0.147. The number of sulfonamides is 1. The van der Waals surface area contributed by atoms with Crippen molar-refractivity contribution in [3.8, 4) is 0 Å². The molecule has 0 bridgehead atoms. The van der Waals surface area contributed by atoms with Gasteiger partial charge in [0.05, 0.1) is 17.7 Å². The number of rotatable bonds is 3. The first-order chi connectivity index (χ1) is 8.95. The van der Waals surface area contributed by atoms with Gasteiger partial charge < -0.3 is 4.74 Å². The van der Waals surface area contributed by atoms with Gasteiger partial charge in [0.1, 0.15) is 4.90 Å². The standard InChI is InChI=1S/C12H15BrClNO3S/c1-2-10-8-15(5-6-18-10)19(16,17)12-4-3-9(13)7-11(12)14/h3-4,7,10H,2,5-6,8H2,1H3/t10-/m1/s1. The average Bonchev–Trinajstić information content (AvgIpc) is 2.38. The van der Waals surface area contributed by atoms with Crippen molar-refractivity contribution in [2.45, 2.75) is 24.3 Å². The lowest BCUT2D eigenvalue weighted by molar-refractivity contribution is -0.00277. The molecule has 19 heavy (non-hydrogen) atoms. The lowest BCUT2D eigenvalue weighted by atomic mass is 10.2. The Morgan fingerprint density at radius 3 is 2.89 bits per heavy atom. The van der Waals surface area contributed by atoms with Crippen molar-refractivity contribution in [3.05, 3.63) is 27.7 Å². The third-order valence-electron chi connectivity index (χ3n) is 3.07. The van der Waals surface area contributed by atoms with Crippen molar-refractivity contribution in [2.24, 2.45) is 0 Å². The summed E-state index contributed by atoms with van der Waals surface area (Å²) in [5, 5.41) is 0.230. The van der Waals surface area contributed by atoms with Crippen LogP contribution in [0.2, 0.25) is 5.02 Å². The number of ether oxygens (including phenoxy) is 1. The van der Waals surface area contributed by atoms with Gasteiger partial charge in [0.15, 0.2) is 0 Å². The molecule has 1 heterocycles. The zero-order valence-electron chi connectivity index (χ0n) is 10.5. The third kappa shape index (κ3) is 3.31. The molecule has 106 valence electrons. The Hall–Kier alpha value is -0.140. The molecule has 0 radical (unpaired) electrons. The number of benzene rings is 1. The van der Waals surface area contributed by atoms with Crippen LogP contribution in [0.25, 0.3) is 0 Å². The van der Waals surface area contributed by atoms with Crippen LogP contribution in [-0.2, 0) is 14.8 Å². The Morgan fingerprint density at radius 1 is 1.53 bits per heavy atom. The molecule has 4 nitrogen and oxygen atoms in total. The van der Waals surface area contributed by atoms with Crippen LogP contribution in [0.5, 0.6) is 0 Å². The van der Waals surface area contributed by atoms with E-state index in [9.17, 15) is 8.42 Å². The lowest BCUT2D eigenvalue weighted by Crippen LogP contribution is -2.45. The summed E-state index contributed by atoms with van der Waals surface area (Å²) in [6, 6.07) is 4.79. The van der Waals surface area contributed by atoms with E-state index in [1.165, 1.54) is 10.4 Å². The number of hydrogen-bond donors (Lipinski definition) is 0. The molecule has 0 aromatic heterocycles. The number of nitrogens with zero attached hydrogens (tertiary/aromatic N) is 1. The summed E-state index contributed by atoms with van der Waals surface area (Å²) in [5.41, 5.74) is 0. The van der Waals surface area contributed by atoms with Crippen LogP contribution >= 0.6 is 27.5 Å². The lowest BCUT2D eigenvalue weighted by Gasteiger charge is -2.31. The highest BCUT2D eigenvalue weighted by Crippen LogP contribution is 2.28. The fourth-order valence-corrected chi connectivity index (χ4v) is 4.45. The first kappa shape index (κ1) is 15.3. The van der Waals surface area contributed by atoms with E-state index >= 15 is 0 Å². The van der Waals surface area contributed by atoms with Crippen molar-refractivity contribution >= 4 is 37.6 Å². The van der Waals surface area contributed by atoms with Gasteiger partial charge in [-0.1, -0.05) is 34.5 Å². The second-order valence-electron chi connectivity index (χ2n) is 4.34. The molecular formula is C12H15BrClNO3S. The van der Waals surface area contributed by atoms with E-state index in [-0.39, 0.29) is 16.0 Å². The highest BCUT2D eigenvalue weighted by Gasteiger charge is 2.31. The zero-order valence-corrected chi connectivity index (χ0v) is 13.6. The molecule has 0 spiro atoms. The summed E-state index contributed by atoms with van der Waals surface area (Å²) >= 11 is 9.30. The number of hydrogen-bond acceptors (Lipinski definition) is 3. The summed E-state index contributed by atoms with van der Waals surface area (Å²) < 4.78 is 32.8. The predicted molar refractivity (Wildman–Crippen MR) is 77.9 cm³/mol. The van der Waals surface area contributed by atoms with Crippen molar-refractivity contribution in [2.75, 3.05) is 19.7 Å². The molecule has 1 aromatic carbocycles. The highest BCUT2D eigenvalue weighted by molar-refractivity contribution is 9.10. The molecule has 0 saturated carbocycles. The first-order valence-corrected chi connectivity index (χ1v) is 8.63. The molecule has 0 unspecified atom stereocenters. The Labute approximate surface area is 126 Å². The van der Waals surface area contributed by atoms with E-state index in [0.717, 1.165) is 10.9 Å². The summed E-state index contributed by atoms with van der Waals surface area (Å²) in [6.45, 7) is 3.15. The van der Waals surface area contributed by atoms with Gasteiger partial charge in [-0.2, -0.15) is 4.31 Å². The van der Waals surface area contributed by atoms with Crippen molar-refractivity contribution in [1.29, 1.82) is 0 Å². The van der Waals surface area contributed by atoms with Gasteiger partial charge in [0.25, 0.3) is 0 Å². The smallest absolute Gasteiger partial charge is 0.244 e. The minimum atomic E-state index is -3.55. The van der Waals surface area contributed by atoms with Crippen LogP contribution in [0.3, 0.4) is 0 Å². The molecule has 0 amide bonds. The second kappa shape index (κ2) is 6.10. The second-order valence-corrected chi connectivity index (χ2v) is 7.57. The van der Waals surface area contributed by atoms with Gasteiger partial charge >= 0.3 is 0 Å². The SMILES string of the molecule is CC[C@@H]1CN(S(=O)(=O)c2ccc(Br)cc2Cl)CCO1. The van der Waals surface area contributed by atoms with Crippen molar-refractivity contribution in [1.82, 2.24) is 4.31 Å². The molecular weight excluding hydrogens is 354 g/mol. The zero-order chi connectivity index (χ0) is 14.0. The van der Waals surface area contributed by atoms with Gasteiger partial charge in [0.2, 0.25) is 10.0 Å². The molecule has 1 saturated heterocycles. The van der Waals surface area contributed by atoms with Gasteiger partial charge in [-0.3, -0.25) is 0 Å². The minimum absolute atomic E-state index is 0.0438. The topological polar surface area (TPSA) is 46.6 Å². The van der Waals surface area contributed by atoms with Crippen LogP contribution in [0.15, 0.2) is 27.6 Å². The molecule has 7 heteroatoms. The molecule has 1 aromatic rings. The summed E-state index contributed by atoms with van der Waals surface area (Å²) in [5.74, 6) is 0.